The van der Waals surface area contributed by atoms with E-state index in [0.717, 1.165) is 16.9 Å². The third-order valence-corrected chi connectivity index (χ3v) is 1.69. The minimum atomic E-state index is 0.685. The second kappa shape index (κ2) is 6.30. The summed E-state index contributed by atoms with van der Waals surface area (Å²) in [7, 11) is 0. The normalized spacial score (nSPS) is 13.3. The molecule has 0 fully saturated rings. The van der Waals surface area contributed by atoms with Gasteiger partial charge in [0.15, 0.2) is 0 Å². The lowest BCUT2D eigenvalue weighted by molar-refractivity contribution is 0.229. The summed E-state index contributed by atoms with van der Waals surface area (Å²) in [5.74, 6) is 0.902. The fourth-order valence-electron chi connectivity index (χ4n) is 0.908. The number of rotatable bonds is 5. The lowest BCUT2D eigenvalue weighted by Gasteiger charge is -2.05. The van der Waals surface area contributed by atoms with Gasteiger partial charge in [-0.15, -0.1) is 0 Å². The molecular weight excluding hydrogens is 160 g/mol. The van der Waals surface area contributed by atoms with Gasteiger partial charge in [-0.05, 0) is 26.8 Å². The molecular formula is C12H18O. The van der Waals surface area contributed by atoms with Crippen molar-refractivity contribution in [3.05, 3.63) is 48.3 Å². The van der Waals surface area contributed by atoms with E-state index in [2.05, 4.69) is 13.2 Å². The van der Waals surface area contributed by atoms with E-state index in [1.54, 1.807) is 6.08 Å². The van der Waals surface area contributed by atoms with Crippen LogP contribution in [0.3, 0.4) is 0 Å². The van der Waals surface area contributed by atoms with Crippen LogP contribution in [0.5, 0.6) is 0 Å². The number of ether oxygens (including phenoxy) is 1. The molecule has 0 saturated heterocycles. The second-order valence-electron chi connectivity index (χ2n) is 2.74. The Bertz CT molecular complexity index is 244. The Morgan fingerprint density at radius 1 is 1.23 bits per heavy atom. The third-order valence-electron chi connectivity index (χ3n) is 1.69. The minimum absolute atomic E-state index is 0.685. The standard InChI is InChI=1S/C12H18O/c1-6-10(4)9-12(7-2)11(5)13-8-3/h6-7,9H,1-2,8H2,3-5H3/b10-9-,12-11+. The van der Waals surface area contributed by atoms with E-state index in [0.29, 0.717) is 6.61 Å². The van der Waals surface area contributed by atoms with E-state index in [4.69, 9.17) is 4.74 Å². The summed E-state index contributed by atoms with van der Waals surface area (Å²) >= 11 is 0. The van der Waals surface area contributed by atoms with Gasteiger partial charge in [0.1, 0.15) is 5.76 Å². The van der Waals surface area contributed by atoms with E-state index in [1.165, 1.54) is 0 Å². The number of hydrogen-bond acceptors (Lipinski definition) is 1. The summed E-state index contributed by atoms with van der Waals surface area (Å²) in [6, 6.07) is 0. The van der Waals surface area contributed by atoms with Crippen molar-refractivity contribution in [1.82, 2.24) is 0 Å². The zero-order chi connectivity index (χ0) is 10.3. The first-order valence-corrected chi connectivity index (χ1v) is 4.42. The molecule has 0 unspecified atom stereocenters. The summed E-state index contributed by atoms with van der Waals surface area (Å²) in [4.78, 5) is 0. The highest BCUT2D eigenvalue weighted by Gasteiger charge is 1.95. The molecule has 0 aromatic heterocycles. The molecule has 0 spiro atoms. The Hall–Kier alpha value is -1.24. The van der Waals surface area contributed by atoms with Crippen molar-refractivity contribution in [3.63, 3.8) is 0 Å². The summed E-state index contributed by atoms with van der Waals surface area (Å²) < 4.78 is 5.37. The molecule has 0 rings (SSSR count). The van der Waals surface area contributed by atoms with Crippen molar-refractivity contribution >= 4 is 0 Å². The van der Waals surface area contributed by atoms with Crippen molar-refractivity contribution in [2.45, 2.75) is 20.8 Å². The molecule has 0 N–H and O–H groups in total. The summed E-state index contributed by atoms with van der Waals surface area (Å²) in [6.07, 6.45) is 5.60. The monoisotopic (exact) mass is 178 g/mol. The zero-order valence-corrected chi connectivity index (χ0v) is 8.76. The van der Waals surface area contributed by atoms with Crippen LogP contribution in [0, 0.1) is 0 Å². The van der Waals surface area contributed by atoms with Crippen molar-refractivity contribution in [1.29, 1.82) is 0 Å². The van der Waals surface area contributed by atoms with E-state index >= 15 is 0 Å². The largest absolute Gasteiger partial charge is 0.498 e. The van der Waals surface area contributed by atoms with Gasteiger partial charge in [-0.25, -0.2) is 0 Å². The van der Waals surface area contributed by atoms with E-state index < -0.39 is 0 Å². The Morgan fingerprint density at radius 2 is 1.85 bits per heavy atom. The highest BCUT2D eigenvalue weighted by atomic mass is 16.5. The highest BCUT2D eigenvalue weighted by molar-refractivity contribution is 5.36. The molecule has 0 amide bonds. The Kier molecular flexibility index (Phi) is 5.69. The second-order valence-corrected chi connectivity index (χ2v) is 2.74. The van der Waals surface area contributed by atoms with Crippen LogP contribution in [0.25, 0.3) is 0 Å². The van der Waals surface area contributed by atoms with Crippen LogP contribution < -0.4 is 0 Å². The van der Waals surface area contributed by atoms with Crippen molar-refractivity contribution in [3.8, 4) is 0 Å². The lowest BCUT2D eigenvalue weighted by Crippen LogP contribution is -1.90. The van der Waals surface area contributed by atoms with E-state index in [-0.39, 0.29) is 0 Å². The predicted octanol–water partition coefficient (Wildman–Crippen LogP) is 3.62. The molecule has 0 aromatic rings. The van der Waals surface area contributed by atoms with Gasteiger partial charge in [-0.3, -0.25) is 0 Å². The van der Waals surface area contributed by atoms with Crippen LogP contribution in [-0.2, 0) is 4.74 Å². The van der Waals surface area contributed by atoms with E-state index in [1.807, 2.05) is 32.9 Å². The van der Waals surface area contributed by atoms with Crippen LogP contribution in [0.15, 0.2) is 48.3 Å². The van der Waals surface area contributed by atoms with Gasteiger partial charge in [0.05, 0.1) is 6.61 Å². The average molecular weight is 178 g/mol. The van der Waals surface area contributed by atoms with Gasteiger partial charge in [0, 0.05) is 5.57 Å². The van der Waals surface area contributed by atoms with Crippen LogP contribution in [-0.4, -0.2) is 6.61 Å². The van der Waals surface area contributed by atoms with Gasteiger partial charge in [-0.1, -0.05) is 30.9 Å². The number of hydrogen-bond donors (Lipinski definition) is 0. The molecule has 0 heterocycles. The third kappa shape index (κ3) is 4.36. The molecule has 0 atom stereocenters. The molecule has 0 bridgehead atoms. The van der Waals surface area contributed by atoms with Gasteiger partial charge >= 0.3 is 0 Å². The Balaban J connectivity index is 4.77. The van der Waals surface area contributed by atoms with Gasteiger partial charge in [0.25, 0.3) is 0 Å². The number of allylic oxidation sites excluding steroid dienone is 6. The van der Waals surface area contributed by atoms with Crippen molar-refractivity contribution in [2.24, 2.45) is 0 Å². The van der Waals surface area contributed by atoms with Crippen molar-refractivity contribution in [2.75, 3.05) is 6.61 Å². The first-order valence-electron chi connectivity index (χ1n) is 4.42. The maximum Gasteiger partial charge on any atom is 0.100 e. The summed E-state index contributed by atoms with van der Waals surface area (Å²) in [6.45, 7) is 14.0. The quantitative estimate of drug-likeness (QED) is 0.461. The van der Waals surface area contributed by atoms with E-state index in [9.17, 15) is 0 Å². The van der Waals surface area contributed by atoms with Crippen LogP contribution in [0.4, 0.5) is 0 Å². The zero-order valence-electron chi connectivity index (χ0n) is 8.76. The summed E-state index contributed by atoms with van der Waals surface area (Å²) in [5.41, 5.74) is 2.12. The molecule has 0 aromatic carbocycles. The first-order chi connectivity index (χ1) is 6.15. The smallest absolute Gasteiger partial charge is 0.100 e. The van der Waals surface area contributed by atoms with Gasteiger partial charge in [0.2, 0.25) is 0 Å². The van der Waals surface area contributed by atoms with Gasteiger partial charge in [-0.2, -0.15) is 0 Å². The first kappa shape index (κ1) is 11.8. The molecule has 0 aliphatic heterocycles. The molecule has 72 valence electrons. The fourth-order valence-corrected chi connectivity index (χ4v) is 0.908. The SMILES string of the molecule is C=C/C(C)=C\C(C=C)=C(/C)OCC. The van der Waals surface area contributed by atoms with Crippen LogP contribution in [0.2, 0.25) is 0 Å². The molecule has 13 heavy (non-hydrogen) atoms. The highest BCUT2D eigenvalue weighted by Crippen LogP contribution is 2.11. The minimum Gasteiger partial charge on any atom is -0.498 e. The molecule has 0 radical (unpaired) electrons. The molecule has 0 aliphatic rings. The molecule has 0 saturated carbocycles. The average Bonchev–Trinajstić information content (AvgIpc) is 2.14. The topological polar surface area (TPSA) is 9.23 Å². The molecule has 0 aliphatic carbocycles. The molecule has 1 nitrogen and oxygen atoms in total. The van der Waals surface area contributed by atoms with Crippen molar-refractivity contribution < 1.29 is 4.74 Å². The van der Waals surface area contributed by atoms with Crippen LogP contribution >= 0.6 is 0 Å². The maximum atomic E-state index is 5.37. The molecule has 1 heteroatoms. The fraction of sp³-hybridized carbons (Fsp3) is 0.333. The maximum absolute atomic E-state index is 5.37. The lowest BCUT2D eigenvalue weighted by atomic mass is 10.1. The predicted molar refractivity (Wildman–Crippen MR) is 58.5 cm³/mol. The van der Waals surface area contributed by atoms with Gasteiger partial charge < -0.3 is 4.74 Å². The Labute approximate surface area is 81.1 Å². The summed E-state index contributed by atoms with van der Waals surface area (Å²) in [5, 5.41) is 0. The van der Waals surface area contributed by atoms with Crippen LogP contribution in [0.1, 0.15) is 20.8 Å². The Morgan fingerprint density at radius 3 is 2.23 bits per heavy atom.